The van der Waals surface area contributed by atoms with E-state index in [-0.39, 0.29) is 0 Å². The molecule has 1 N–H and O–H groups in total. The fraction of sp³-hybridized carbons (Fsp3) is 0.240. The SMILES string of the molecule is Cc1nc(Nc2ccc(-c3csc(-c4ccccc4)n3)cc2)cc(N2CCN(C)CC2)n1. The number of likely N-dealkylation sites (N-methyl/N-ethyl adjacent to an activating group) is 1. The average Bonchev–Trinajstić information content (AvgIpc) is 3.31. The Morgan fingerprint density at radius 1 is 0.844 bits per heavy atom. The van der Waals surface area contributed by atoms with Gasteiger partial charge in [0.2, 0.25) is 0 Å². The lowest BCUT2D eigenvalue weighted by Gasteiger charge is -2.33. The van der Waals surface area contributed by atoms with Crippen LogP contribution in [0.3, 0.4) is 0 Å². The number of anilines is 3. The molecule has 162 valence electrons. The summed E-state index contributed by atoms with van der Waals surface area (Å²) in [4.78, 5) is 18.7. The predicted molar refractivity (Wildman–Crippen MR) is 133 cm³/mol. The van der Waals surface area contributed by atoms with Crippen LogP contribution in [0.15, 0.2) is 66.0 Å². The third-order valence-corrected chi connectivity index (χ3v) is 6.52. The molecule has 32 heavy (non-hydrogen) atoms. The van der Waals surface area contributed by atoms with E-state index in [9.17, 15) is 0 Å². The molecule has 0 unspecified atom stereocenters. The lowest BCUT2D eigenvalue weighted by Crippen LogP contribution is -2.44. The van der Waals surface area contributed by atoms with E-state index in [0.717, 1.165) is 71.2 Å². The van der Waals surface area contributed by atoms with Crippen molar-refractivity contribution in [1.29, 1.82) is 0 Å². The zero-order valence-electron chi connectivity index (χ0n) is 18.3. The minimum Gasteiger partial charge on any atom is -0.354 e. The molecule has 1 saturated heterocycles. The summed E-state index contributed by atoms with van der Waals surface area (Å²) in [6, 6.07) is 20.7. The molecular formula is C25H26N6S. The van der Waals surface area contributed by atoms with Crippen molar-refractivity contribution in [2.45, 2.75) is 6.92 Å². The highest BCUT2D eigenvalue weighted by atomic mass is 32.1. The van der Waals surface area contributed by atoms with Crippen molar-refractivity contribution < 1.29 is 0 Å². The zero-order chi connectivity index (χ0) is 21.9. The van der Waals surface area contributed by atoms with Gasteiger partial charge in [-0.2, -0.15) is 0 Å². The highest BCUT2D eigenvalue weighted by Gasteiger charge is 2.16. The van der Waals surface area contributed by atoms with Crippen LogP contribution in [0, 0.1) is 6.92 Å². The van der Waals surface area contributed by atoms with Gasteiger partial charge in [-0.25, -0.2) is 15.0 Å². The smallest absolute Gasteiger partial charge is 0.136 e. The first-order valence-electron chi connectivity index (χ1n) is 10.8. The fourth-order valence-corrected chi connectivity index (χ4v) is 4.64. The summed E-state index contributed by atoms with van der Waals surface area (Å²) in [5.74, 6) is 2.58. The molecule has 0 aliphatic carbocycles. The number of benzene rings is 2. The number of hydrogen-bond donors (Lipinski definition) is 1. The van der Waals surface area contributed by atoms with Crippen LogP contribution in [-0.2, 0) is 0 Å². The van der Waals surface area contributed by atoms with Crippen LogP contribution >= 0.6 is 11.3 Å². The maximum Gasteiger partial charge on any atom is 0.136 e. The normalized spacial score (nSPS) is 14.5. The van der Waals surface area contributed by atoms with E-state index in [4.69, 9.17) is 4.98 Å². The number of aryl methyl sites for hydroxylation is 1. The van der Waals surface area contributed by atoms with Crippen LogP contribution in [-0.4, -0.2) is 53.1 Å². The largest absolute Gasteiger partial charge is 0.354 e. The Labute approximate surface area is 192 Å². The molecule has 7 heteroatoms. The summed E-state index contributed by atoms with van der Waals surface area (Å²) in [5, 5.41) is 6.59. The van der Waals surface area contributed by atoms with Gasteiger partial charge in [0.25, 0.3) is 0 Å². The van der Waals surface area contributed by atoms with E-state index < -0.39 is 0 Å². The molecule has 0 saturated carbocycles. The highest BCUT2D eigenvalue weighted by Crippen LogP contribution is 2.30. The second-order valence-corrected chi connectivity index (χ2v) is 8.91. The van der Waals surface area contributed by atoms with Gasteiger partial charge in [0.1, 0.15) is 22.5 Å². The number of nitrogens with zero attached hydrogens (tertiary/aromatic N) is 5. The molecule has 0 spiro atoms. The van der Waals surface area contributed by atoms with E-state index in [0.29, 0.717) is 0 Å². The van der Waals surface area contributed by atoms with Crippen LogP contribution in [0.5, 0.6) is 0 Å². The summed E-state index contributed by atoms with van der Waals surface area (Å²) >= 11 is 1.67. The minimum atomic E-state index is 0.775. The molecular weight excluding hydrogens is 416 g/mol. The molecule has 1 fully saturated rings. The van der Waals surface area contributed by atoms with E-state index in [1.165, 1.54) is 0 Å². The van der Waals surface area contributed by atoms with Crippen LogP contribution in [0.4, 0.5) is 17.3 Å². The predicted octanol–water partition coefficient (Wildman–Crippen LogP) is 5.07. The molecule has 6 nitrogen and oxygen atoms in total. The molecule has 0 radical (unpaired) electrons. The third kappa shape index (κ3) is 4.64. The van der Waals surface area contributed by atoms with E-state index in [1.54, 1.807) is 11.3 Å². The topological polar surface area (TPSA) is 57.2 Å². The van der Waals surface area contributed by atoms with Crippen molar-refractivity contribution >= 4 is 28.7 Å². The molecule has 1 aliphatic rings. The van der Waals surface area contributed by atoms with Crippen molar-refractivity contribution in [3.63, 3.8) is 0 Å². The van der Waals surface area contributed by atoms with E-state index >= 15 is 0 Å². The first kappa shape index (κ1) is 20.6. The minimum absolute atomic E-state index is 0.775. The molecule has 5 rings (SSSR count). The Bertz CT molecular complexity index is 1180. The maximum absolute atomic E-state index is 4.81. The van der Waals surface area contributed by atoms with Crippen molar-refractivity contribution in [1.82, 2.24) is 19.9 Å². The van der Waals surface area contributed by atoms with Crippen LogP contribution < -0.4 is 10.2 Å². The Kier molecular flexibility index (Phi) is 5.83. The summed E-state index contributed by atoms with van der Waals surface area (Å²) in [6.45, 7) is 6.02. The molecule has 3 heterocycles. The molecule has 0 amide bonds. The molecule has 1 aliphatic heterocycles. The Morgan fingerprint density at radius 2 is 1.59 bits per heavy atom. The van der Waals surface area contributed by atoms with Gasteiger partial charge >= 0.3 is 0 Å². The molecule has 4 aromatic rings. The molecule has 2 aromatic heterocycles. The van der Waals surface area contributed by atoms with Gasteiger partial charge in [0.05, 0.1) is 5.69 Å². The van der Waals surface area contributed by atoms with E-state index in [2.05, 4.69) is 73.9 Å². The summed E-state index contributed by atoms with van der Waals surface area (Å²) in [7, 11) is 2.16. The number of nitrogens with one attached hydrogen (secondary N) is 1. The third-order valence-electron chi connectivity index (χ3n) is 5.63. The zero-order valence-corrected chi connectivity index (χ0v) is 19.1. The Hall–Kier alpha value is -3.29. The van der Waals surface area contributed by atoms with E-state index in [1.807, 2.05) is 31.2 Å². The first-order chi connectivity index (χ1) is 15.6. The molecule has 2 aromatic carbocycles. The van der Waals surface area contributed by atoms with Gasteiger partial charge in [-0.1, -0.05) is 42.5 Å². The number of thiazole rings is 1. The van der Waals surface area contributed by atoms with Crippen LogP contribution in [0.25, 0.3) is 21.8 Å². The number of piperazine rings is 1. The summed E-state index contributed by atoms with van der Waals surface area (Å²) in [6.07, 6.45) is 0. The highest BCUT2D eigenvalue weighted by molar-refractivity contribution is 7.13. The van der Waals surface area contributed by atoms with Crippen molar-refractivity contribution in [3.8, 4) is 21.8 Å². The van der Waals surface area contributed by atoms with Crippen molar-refractivity contribution in [2.75, 3.05) is 43.4 Å². The maximum atomic E-state index is 4.81. The number of aromatic nitrogens is 3. The Morgan fingerprint density at radius 3 is 2.34 bits per heavy atom. The summed E-state index contributed by atoms with van der Waals surface area (Å²) in [5.41, 5.74) is 4.24. The molecule has 0 bridgehead atoms. The lowest BCUT2D eigenvalue weighted by molar-refractivity contribution is 0.312. The standard InChI is InChI=1S/C25H26N6S/c1-18-26-23(16-24(27-18)31-14-12-30(2)13-15-31)28-21-10-8-19(9-11-21)22-17-32-25(29-22)20-6-4-3-5-7-20/h3-11,16-17H,12-15H2,1-2H3,(H,26,27,28). The van der Waals surface area contributed by atoms with Crippen LogP contribution in [0.2, 0.25) is 0 Å². The average molecular weight is 443 g/mol. The van der Waals surface area contributed by atoms with Gasteiger partial charge in [-0.3, -0.25) is 0 Å². The van der Waals surface area contributed by atoms with Crippen LogP contribution in [0.1, 0.15) is 5.82 Å². The number of rotatable bonds is 5. The summed E-state index contributed by atoms with van der Waals surface area (Å²) < 4.78 is 0. The van der Waals surface area contributed by atoms with Gasteiger partial charge in [0.15, 0.2) is 0 Å². The number of hydrogen-bond acceptors (Lipinski definition) is 7. The quantitative estimate of drug-likeness (QED) is 0.466. The second-order valence-electron chi connectivity index (χ2n) is 8.06. The second kappa shape index (κ2) is 9.06. The monoisotopic (exact) mass is 442 g/mol. The van der Waals surface area contributed by atoms with Gasteiger partial charge in [-0.15, -0.1) is 11.3 Å². The van der Waals surface area contributed by atoms with Crippen molar-refractivity contribution in [2.24, 2.45) is 0 Å². The molecule has 0 atom stereocenters. The van der Waals surface area contributed by atoms with Gasteiger partial charge in [0, 0.05) is 54.4 Å². The van der Waals surface area contributed by atoms with Gasteiger partial charge < -0.3 is 15.1 Å². The van der Waals surface area contributed by atoms with Crippen molar-refractivity contribution in [3.05, 3.63) is 71.9 Å². The fourth-order valence-electron chi connectivity index (χ4n) is 3.81. The first-order valence-corrected chi connectivity index (χ1v) is 11.7. The lowest BCUT2D eigenvalue weighted by atomic mass is 10.1. The van der Waals surface area contributed by atoms with Gasteiger partial charge in [-0.05, 0) is 26.1 Å². The Balaban J connectivity index is 1.31.